The number of amides is 1. The molecule has 2 aliphatic rings. The lowest BCUT2D eigenvalue weighted by atomic mass is 9.93. The second kappa shape index (κ2) is 10.5. The van der Waals surface area contributed by atoms with Crippen LogP contribution in [0.4, 0.5) is 0 Å². The average Bonchev–Trinajstić information content (AvgIpc) is 2.62. The molecular weight excluding hydrogens is 302 g/mol. The van der Waals surface area contributed by atoms with Gasteiger partial charge >= 0.3 is 0 Å². The first-order valence-electron chi connectivity index (χ1n) is 9.69. The maximum Gasteiger partial charge on any atom is 0.220 e. The third-order valence-corrected chi connectivity index (χ3v) is 5.13. The zero-order valence-electron chi connectivity index (χ0n) is 15.5. The highest BCUT2D eigenvalue weighted by Crippen LogP contribution is 2.20. The quantitative estimate of drug-likeness (QED) is 0.566. The van der Waals surface area contributed by atoms with E-state index in [-0.39, 0.29) is 5.91 Å². The van der Waals surface area contributed by atoms with Crippen LogP contribution in [0.3, 0.4) is 0 Å². The van der Waals surface area contributed by atoms with Crippen molar-refractivity contribution in [3.63, 3.8) is 0 Å². The van der Waals surface area contributed by atoms with Crippen LogP contribution in [0.5, 0.6) is 0 Å². The van der Waals surface area contributed by atoms with Gasteiger partial charge in [-0.15, -0.1) is 0 Å². The Bertz CT molecular complexity index is 398. The predicted octanol–water partition coefficient (Wildman–Crippen LogP) is 1.29. The van der Waals surface area contributed by atoms with Crippen LogP contribution >= 0.6 is 0 Å². The summed E-state index contributed by atoms with van der Waals surface area (Å²) in [5, 5.41) is 6.17. The lowest BCUT2D eigenvalue weighted by Gasteiger charge is -2.34. The molecule has 0 saturated carbocycles. The first-order chi connectivity index (χ1) is 11.7. The second-order valence-electron chi connectivity index (χ2n) is 6.95. The SMILES string of the molecule is CCNC(=NCCN1CCCCC1)N1CCC(CC(=O)NC)CC1. The van der Waals surface area contributed by atoms with E-state index in [1.807, 2.05) is 0 Å². The maximum atomic E-state index is 11.5. The van der Waals surface area contributed by atoms with E-state index in [2.05, 4.69) is 27.4 Å². The van der Waals surface area contributed by atoms with Crippen LogP contribution in [0.25, 0.3) is 0 Å². The minimum absolute atomic E-state index is 0.163. The van der Waals surface area contributed by atoms with Crippen molar-refractivity contribution in [3.05, 3.63) is 0 Å². The molecule has 138 valence electrons. The molecule has 6 nitrogen and oxygen atoms in total. The molecule has 2 saturated heterocycles. The number of hydrogen-bond acceptors (Lipinski definition) is 3. The Morgan fingerprint density at radius 2 is 1.83 bits per heavy atom. The van der Waals surface area contributed by atoms with Crippen molar-refractivity contribution in [2.45, 2.75) is 45.4 Å². The summed E-state index contributed by atoms with van der Waals surface area (Å²) in [4.78, 5) is 21.3. The van der Waals surface area contributed by atoms with E-state index in [0.717, 1.165) is 51.5 Å². The van der Waals surface area contributed by atoms with Gasteiger partial charge in [0, 0.05) is 39.6 Å². The van der Waals surface area contributed by atoms with Gasteiger partial charge in [-0.05, 0) is 51.6 Å². The van der Waals surface area contributed by atoms with Crippen LogP contribution in [-0.4, -0.2) is 74.5 Å². The Morgan fingerprint density at radius 1 is 1.12 bits per heavy atom. The van der Waals surface area contributed by atoms with Crippen LogP contribution in [0.15, 0.2) is 4.99 Å². The number of hydrogen-bond donors (Lipinski definition) is 2. The van der Waals surface area contributed by atoms with Crippen LogP contribution in [0.1, 0.15) is 45.4 Å². The number of nitrogens with zero attached hydrogens (tertiary/aromatic N) is 3. The van der Waals surface area contributed by atoms with E-state index in [4.69, 9.17) is 4.99 Å². The number of nitrogens with one attached hydrogen (secondary N) is 2. The molecule has 0 aliphatic carbocycles. The molecule has 1 amide bonds. The van der Waals surface area contributed by atoms with E-state index in [9.17, 15) is 4.79 Å². The van der Waals surface area contributed by atoms with Gasteiger partial charge < -0.3 is 20.4 Å². The van der Waals surface area contributed by atoms with E-state index in [1.165, 1.54) is 32.4 Å². The Hall–Kier alpha value is -1.30. The summed E-state index contributed by atoms with van der Waals surface area (Å²) in [6.45, 7) is 9.43. The van der Waals surface area contributed by atoms with Gasteiger partial charge in [0.15, 0.2) is 5.96 Å². The van der Waals surface area contributed by atoms with Gasteiger partial charge in [0.1, 0.15) is 0 Å². The van der Waals surface area contributed by atoms with Gasteiger partial charge in [-0.2, -0.15) is 0 Å². The molecule has 2 rings (SSSR count). The number of carbonyl (C=O) groups is 1. The minimum Gasteiger partial charge on any atom is -0.359 e. The molecule has 0 aromatic rings. The molecule has 0 radical (unpaired) electrons. The first kappa shape index (κ1) is 19.0. The zero-order chi connectivity index (χ0) is 17.2. The summed E-state index contributed by atoms with van der Waals surface area (Å²) < 4.78 is 0. The zero-order valence-corrected chi connectivity index (χ0v) is 15.5. The van der Waals surface area contributed by atoms with E-state index in [1.54, 1.807) is 7.05 Å². The second-order valence-corrected chi connectivity index (χ2v) is 6.95. The highest BCUT2D eigenvalue weighted by molar-refractivity contribution is 5.80. The Labute approximate surface area is 147 Å². The molecule has 6 heteroatoms. The van der Waals surface area contributed by atoms with Gasteiger partial charge in [0.05, 0.1) is 6.54 Å². The van der Waals surface area contributed by atoms with Gasteiger partial charge in [-0.25, -0.2) is 0 Å². The molecule has 0 bridgehead atoms. The highest BCUT2D eigenvalue weighted by atomic mass is 16.1. The molecule has 0 unspecified atom stereocenters. The third-order valence-electron chi connectivity index (χ3n) is 5.13. The van der Waals surface area contributed by atoms with Crippen molar-refractivity contribution in [2.75, 3.05) is 52.9 Å². The minimum atomic E-state index is 0.163. The molecule has 0 atom stereocenters. The van der Waals surface area contributed by atoms with Gasteiger partial charge in [-0.1, -0.05) is 6.42 Å². The number of aliphatic imine (C=N–C) groups is 1. The largest absolute Gasteiger partial charge is 0.359 e. The Kier molecular flexibility index (Phi) is 8.36. The molecule has 24 heavy (non-hydrogen) atoms. The molecule has 0 aromatic carbocycles. The van der Waals surface area contributed by atoms with Crippen molar-refractivity contribution >= 4 is 11.9 Å². The third kappa shape index (κ3) is 6.30. The fourth-order valence-electron chi connectivity index (χ4n) is 3.62. The normalized spacial score (nSPS) is 20.9. The lowest BCUT2D eigenvalue weighted by molar-refractivity contribution is -0.121. The van der Waals surface area contributed by atoms with Gasteiger partial charge in [-0.3, -0.25) is 9.79 Å². The molecular formula is C18H35N5O. The summed E-state index contributed by atoms with van der Waals surface area (Å²) in [7, 11) is 1.72. The van der Waals surface area contributed by atoms with E-state index in [0.29, 0.717) is 12.3 Å². The summed E-state index contributed by atoms with van der Waals surface area (Å²) in [6.07, 6.45) is 6.86. The molecule has 0 spiro atoms. The molecule has 2 aliphatic heterocycles. The first-order valence-corrected chi connectivity index (χ1v) is 9.69. The van der Waals surface area contributed by atoms with Gasteiger partial charge in [0.25, 0.3) is 0 Å². The molecule has 2 N–H and O–H groups in total. The summed E-state index contributed by atoms with van der Waals surface area (Å²) in [6, 6.07) is 0. The smallest absolute Gasteiger partial charge is 0.220 e. The Balaban J connectivity index is 1.77. The van der Waals surface area contributed by atoms with Crippen molar-refractivity contribution in [1.82, 2.24) is 20.4 Å². The van der Waals surface area contributed by atoms with Crippen LogP contribution < -0.4 is 10.6 Å². The van der Waals surface area contributed by atoms with E-state index >= 15 is 0 Å². The van der Waals surface area contributed by atoms with E-state index < -0.39 is 0 Å². The standard InChI is InChI=1S/C18H35N5O/c1-3-20-18(21-9-14-22-10-5-4-6-11-22)23-12-7-16(8-13-23)15-17(24)19-2/h16H,3-15H2,1-2H3,(H,19,24)(H,20,21). The Morgan fingerprint density at radius 3 is 2.46 bits per heavy atom. The van der Waals surface area contributed by atoms with Crippen molar-refractivity contribution in [3.8, 4) is 0 Å². The summed E-state index contributed by atoms with van der Waals surface area (Å²) in [5.74, 6) is 1.72. The number of likely N-dealkylation sites (tertiary alicyclic amines) is 2. The predicted molar refractivity (Wildman–Crippen MR) is 99.3 cm³/mol. The summed E-state index contributed by atoms with van der Waals surface area (Å²) in [5.41, 5.74) is 0. The summed E-state index contributed by atoms with van der Waals surface area (Å²) >= 11 is 0. The monoisotopic (exact) mass is 337 g/mol. The number of piperidine rings is 2. The van der Waals surface area contributed by atoms with Crippen molar-refractivity contribution < 1.29 is 4.79 Å². The number of carbonyl (C=O) groups excluding carboxylic acids is 1. The maximum absolute atomic E-state index is 11.5. The van der Waals surface area contributed by atoms with Crippen molar-refractivity contribution in [1.29, 1.82) is 0 Å². The van der Waals surface area contributed by atoms with Crippen LogP contribution in [-0.2, 0) is 4.79 Å². The number of rotatable bonds is 6. The van der Waals surface area contributed by atoms with Crippen molar-refractivity contribution in [2.24, 2.45) is 10.9 Å². The molecule has 0 aromatic heterocycles. The van der Waals surface area contributed by atoms with Gasteiger partial charge in [0.2, 0.25) is 5.91 Å². The molecule has 2 heterocycles. The fourth-order valence-corrected chi connectivity index (χ4v) is 3.62. The highest BCUT2D eigenvalue weighted by Gasteiger charge is 2.23. The fraction of sp³-hybridized carbons (Fsp3) is 0.889. The lowest BCUT2D eigenvalue weighted by Crippen LogP contribution is -2.46. The topological polar surface area (TPSA) is 60.0 Å². The van der Waals surface area contributed by atoms with Crippen LogP contribution in [0, 0.1) is 5.92 Å². The molecule has 2 fully saturated rings. The average molecular weight is 338 g/mol. The van der Waals surface area contributed by atoms with Crippen LogP contribution in [0.2, 0.25) is 0 Å². The number of guanidine groups is 1.